The molecule has 1 aromatic heterocycles. The summed E-state index contributed by atoms with van der Waals surface area (Å²) in [7, 11) is 5.90. The van der Waals surface area contributed by atoms with Gasteiger partial charge in [0, 0.05) is 65.5 Å². The number of hydrogen-bond acceptors (Lipinski definition) is 7. The smallest absolute Gasteiger partial charge is 0.248 e. The molecule has 1 aromatic rings. The van der Waals surface area contributed by atoms with Crippen molar-refractivity contribution >= 4 is 17.5 Å². The lowest BCUT2D eigenvalue weighted by Gasteiger charge is -2.41. The number of morpholine rings is 1. The minimum Gasteiger partial charge on any atom is -0.365 e. The lowest BCUT2D eigenvalue weighted by Crippen LogP contribution is -2.52. The monoisotopic (exact) mass is 388 g/mol. The van der Waals surface area contributed by atoms with Crippen LogP contribution in [0.1, 0.15) is 25.7 Å². The third kappa shape index (κ3) is 4.38. The van der Waals surface area contributed by atoms with Gasteiger partial charge in [-0.15, -0.1) is 0 Å². The molecular formula is C20H32N6O2. The molecule has 1 amide bonds. The summed E-state index contributed by atoms with van der Waals surface area (Å²) in [4.78, 5) is 29.4. The Morgan fingerprint density at radius 3 is 2.43 bits per heavy atom. The van der Waals surface area contributed by atoms with E-state index >= 15 is 0 Å². The zero-order chi connectivity index (χ0) is 19.7. The van der Waals surface area contributed by atoms with Gasteiger partial charge in [-0.1, -0.05) is 0 Å². The van der Waals surface area contributed by atoms with Gasteiger partial charge < -0.3 is 24.3 Å². The summed E-state index contributed by atoms with van der Waals surface area (Å²) in [5.74, 6) is 2.11. The van der Waals surface area contributed by atoms with E-state index in [0.29, 0.717) is 18.6 Å². The molecule has 0 radical (unpaired) electrons. The highest BCUT2D eigenvalue weighted by Crippen LogP contribution is 2.36. The van der Waals surface area contributed by atoms with Gasteiger partial charge in [0.05, 0.1) is 6.10 Å². The summed E-state index contributed by atoms with van der Waals surface area (Å²) < 4.78 is 5.73. The van der Waals surface area contributed by atoms with Crippen molar-refractivity contribution in [3.63, 3.8) is 0 Å². The summed E-state index contributed by atoms with van der Waals surface area (Å²) in [6.45, 7) is 3.95. The maximum Gasteiger partial charge on any atom is 0.248 e. The molecule has 4 rings (SSSR count). The van der Waals surface area contributed by atoms with Gasteiger partial charge in [-0.3, -0.25) is 4.79 Å². The predicted molar refractivity (Wildman–Crippen MR) is 109 cm³/mol. The van der Waals surface area contributed by atoms with Gasteiger partial charge in [-0.2, -0.15) is 0 Å². The van der Waals surface area contributed by atoms with Crippen LogP contribution in [0.2, 0.25) is 0 Å². The number of amides is 1. The highest BCUT2D eigenvalue weighted by molar-refractivity contribution is 5.77. The molecule has 28 heavy (non-hydrogen) atoms. The van der Waals surface area contributed by atoms with Crippen LogP contribution in [-0.2, 0) is 9.53 Å². The number of ether oxygens (including phenoxy) is 1. The average molecular weight is 389 g/mol. The molecule has 1 unspecified atom stereocenters. The van der Waals surface area contributed by atoms with E-state index in [-0.39, 0.29) is 18.6 Å². The lowest BCUT2D eigenvalue weighted by atomic mass is 10.0. The summed E-state index contributed by atoms with van der Waals surface area (Å²) in [5.41, 5.74) is 0. The average Bonchev–Trinajstić information content (AvgIpc) is 3.52. The third-order valence-corrected chi connectivity index (χ3v) is 6.06. The van der Waals surface area contributed by atoms with Crippen LogP contribution >= 0.6 is 0 Å². The Labute approximate surface area is 167 Å². The van der Waals surface area contributed by atoms with Crippen molar-refractivity contribution in [1.29, 1.82) is 0 Å². The minimum atomic E-state index is 0.0805. The van der Waals surface area contributed by atoms with E-state index in [9.17, 15) is 4.79 Å². The van der Waals surface area contributed by atoms with Crippen molar-refractivity contribution in [2.45, 2.75) is 43.9 Å². The van der Waals surface area contributed by atoms with Gasteiger partial charge in [0.1, 0.15) is 24.6 Å². The maximum absolute atomic E-state index is 11.6. The molecule has 1 atom stereocenters. The van der Waals surface area contributed by atoms with Crippen molar-refractivity contribution in [2.75, 3.05) is 63.7 Å². The van der Waals surface area contributed by atoms with E-state index in [1.165, 1.54) is 12.8 Å². The number of carbonyl (C=O) groups excluding carboxylic acids is 1. The number of piperidine rings is 1. The molecule has 3 heterocycles. The molecule has 2 aliphatic heterocycles. The molecule has 8 nitrogen and oxygen atoms in total. The number of hydrogen-bond donors (Lipinski definition) is 0. The van der Waals surface area contributed by atoms with E-state index in [1.807, 2.05) is 26.0 Å². The summed E-state index contributed by atoms with van der Waals surface area (Å²) in [6, 6.07) is 3.28. The number of nitrogens with zero attached hydrogens (tertiary/aromatic N) is 6. The Balaban J connectivity index is 1.35. The fourth-order valence-corrected chi connectivity index (χ4v) is 4.29. The van der Waals surface area contributed by atoms with Crippen molar-refractivity contribution < 1.29 is 9.53 Å². The number of aromatic nitrogens is 2. The molecule has 154 valence electrons. The van der Waals surface area contributed by atoms with Crippen LogP contribution in [0.3, 0.4) is 0 Å². The van der Waals surface area contributed by atoms with Gasteiger partial charge in [0.2, 0.25) is 5.91 Å². The van der Waals surface area contributed by atoms with Gasteiger partial charge in [-0.05, 0) is 25.7 Å². The fraction of sp³-hybridized carbons (Fsp3) is 0.750. The third-order valence-electron chi connectivity index (χ3n) is 6.06. The van der Waals surface area contributed by atoms with E-state index in [1.54, 1.807) is 11.2 Å². The number of anilines is 2. The zero-order valence-electron chi connectivity index (χ0n) is 17.3. The van der Waals surface area contributed by atoms with Crippen LogP contribution in [0.4, 0.5) is 11.6 Å². The number of likely N-dealkylation sites (N-methyl/N-ethyl adjacent to an activating group) is 1. The minimum absolute atomic E-state index is 0.0805. The van der Waals surface area contributed by atoms with Crippen molar-refractivity contribution in [3.05, 3.63) is 12.4 Å². The lowest BCUT2D eigenvalue weighted by molar-refractivity contribution is -0.147. The Hall–Kier alpha value is -1.93. The number of likely N-dealkylation sites (tertiary alicyclic amines) is 1. The number of carbonyl (C=O) groups is 1. The van der Waals surface area contributed by atoms with Gasteiger partial charge in [0.15, 0.2) is 0 Å². The Morgan fingerprint density at radius 2 is 1.79 bits per heavy atom. The van der Waals surface area contributed by atoms with E-state index in [2.05, 4.69) is 25.8 Å². The first-order valence-electron chi connectivity index (χ1n) is 10.4. The molecule has 0 spiro atoms. The van der Waals surface area contributed by atoms with Gasteiger partial charge in [0.25, 0.3) is 0 Å². The standard InChI is InChI=1S/C20H32N6O2/c1-23(2)18-10-19(22-14-21-18)26(15-4-5-15)16-6-8-25(9-7-16)12-17-11-24(3)20(27)13-28-17/h10,14-17H,4-9,11-13H2,1-3H3. The molecule has 0 aromatic carbocycles. The largest absolute Gasteiger partial charge is 0.365 e. The second kappa shape index (κ2) is 8.21. The fourth-order valence-electron chi connectivity index (χ4n) is 4.29. The van der Waals surface area contributed by atoms with E-state index < -0.39 is 0 Å². The second-order valence-corrected chi connectivity index (χ2v) is 8.51. The molecule has 3 fully saturated rings. The van der Waals surface area contributed by atoms with Gasteiger partial charge >= 0.3 is 0 Å². The van der Waals surface area contributed by atoms with Crippen LogP contribution in [-0.4, -0.2) is 97.8 Å². The zero-order valence-corrected chi connectivity index (χ0v) is 17.3. The molecule has 3 aliphatic rings. The first-order chi connectivity index (χ1) is 13.5. The topological polar surface area (TPSA) is 65.0 Å². The first kappa shape index (κ1) is 19.4. The van der Waals surface area contributed by atoms with E-state index in [0.717, 1.165) is 44.1 Å². The normalized spacial score (nSPS) is 24.5. The number of rotatable bonds is 6. The summed E-state index contributed by atoms with van der Waals surface area (Å²) in [5, 5.41) is 0. The molecule has 0 bridgehead atoms. The van der Waals surface area contributed by atoms with Crippen LogP contribution in [0.5, 0.6) is 0 Å². The Kier molecular flexibility index (Phi) is 5.68. The highest BCUT2D eigenvalue weighted by Gasteiger charge is 2.37. The molecule has 8 heteroatoms. The maximum atomic E-state index is 11.6. The molecular weight excluding hydrogens is 356 g/mol. The molecule has 0 N–H and O–H groups in total. The molecule has 1 saturated carbocycles. The van der Waals surface area contributed by atoms with Crippen LogP contribution < -0.4 is 9.80 Å². The van der Waals surface area contributed by atoms with Crippen molar-refractivity contribution in [2.24, 2.45) is 0 Å². The van der Waals surface area contributed by atoms with E-state index in [4.69, 9.17) is 4.74 Å². The summed E-state index contributed by atoms with van der Waals surface area (Å²) >= 11 is 0. The van der Waals surface area contributed by atoms with Crippen LogP contribution in [0.15, 0.2) is 12.4 Å². The molecule has 2 saturated heterocycles. The Morgan fingerprint density at radius 1 is 1.11 bits per heavy atom. The summed E-state index contributed by atoms with van der Waals surface area (Å²) in [6.07, 6.45) is 6.62. The highest BCUT2D eigenvalue weighted by atomic mass is 16.5. The van der Waals surface area contributed by atoms with Crippen LogP contribution in [0.25, 0.3) is 0 Å². The quantitative estimate of drug-likeness (QED) is 0.715. The Bertz CT molecular complexity index is 687. The second-order valence-electron chi connectivity index (χ2n) is 8.51. The van der Waals surface area contributed by atoms with Gasteiger partial charge in [-0.25, -0.2) is 9.97 Å². The predicted octanol–water partition coefficient (Wildman–Crippen LogP) is 0.833. The first-order valence-corrected chi connectivity index (χ1v) is 10.4. The van der Waals surface area contributed by atoms with Crippen molar-refractivity contribution in [1.82, 2.24) is 19.8 Å². The van der Waals surface area contributed by atoms with Crippen LogP contribution in [0, 0.1) is 0 Å². The van der Waals surface area contributed by atoms with Crippen molar-refractivity contribution in [3.8, 4) is 0 Å². The molecule has 1 aliphatic carbocycles. The SMILES string of the molecule is CN1CC(CN2CCC(N(c3cc(N(C)C)ncn3)C3CC3)CC2)OCC1=O.